The highest BCUT2D eigenvalue weighted by Crippen LogP contribution is 2.68. The van der Waals surface area contributed by atoms with E-state index in [9.17, 15) is 0 Å². The number of nitrogens with zero attached hydrogens (tertiary/aromatic N) is 2. The second-order valence-corrected chi connectivity index (χ2v) is 20.2. The number of anilines is 5. The fraction of sp³-hybridized carbons (Fsp3) is 0.134. The van der Waals surface area contributed by atoms with Crippen molar-refractivity contribution in [3.05, 3.63) is 244 Å². The molecule has 0 bridgehead atoms. The van der Waals surface area contributed by atoms with Gasteiger partial charge in [0.2, 0.25) is 0 Å². The number of furan rings is 2. The van der Waals surface area contributed by atoms with E-state index in [1.54, 1.807) is 0 Å². The number of benzene rings is 9. The zero-order chi connectivity index (χ0) is 47.9. The standard InChI is InChI=1S/C67H52N2O2/c1-39-31-33-43(5)55(35-39)68(53-27-15-7-19-41(53)3)57-37-51-63(65-61(57)47-23-11-17-29-59(47)70-65)64-52(67(51)49-25-13-9-21-45(49)46-22-10-14-26-50(46)67)38-58(62-48-24-12-18-30-60(48)71-66(62)64)69(54-28-16-8-20-42(54)4)56-36-40(2)32-34-44(56)6/h7-27,29-38,54H,28H2,1-6H3. The highest BCUT2D eigenvalue weighted by Gasteiger charge is 2.55. The Morgan fingerprint density at radius 1 is 0.451 bits per heavy atom. The molecule has 1 unspecified atom stereocenters. The van der Waals surface area contributed by atoms with Gasteiger partial charge in [-0.25, -0.2) is 0 Å². The molecule has 4 heteroatoms. The Morgan fingerprint density at radius 2 is 0.958 bits per heavy atom. The topological polar surface area (TPSA) is 32.8 Å². The second kappa shape index (κ2) is 15.3. The molecule has 0 saturated heterocycles. The van der Waals surface area contributed by atoms with Crippen molar-refractivity contribution in [3.63, 3.8) is 0 Å². The fourth-order valence-electron chi connectivity index (χ4n) is 12.8. The lowest BCUT2D eigenvalue weighted by Gasteiger charge is -2.38. The zero-order valence-corrected chi connectivity index (χ0v) is 40.9. The maximum absolute atomic E-state index is 7.50. The first-order valence-electron chi connectivity index (χ1n) is 25.0. The van der Waals surface area contributed by atoms with Crippen molar-refractivity contribution in [3.8, 4) is 22.3 Å². The molecule has 0 aliphatic heterocycles. The Morgan fingerprint density at radius 3 is 1.58 bits per heavy atom. The zero-order valence-electron chi connectivity index (χ0n) is 40.9. The van der Waals surface area contributed by atoms with Crippen LogP contribution in [0, 0.1) is 34.6 Å². The number of fused-ring (bicyclic) bond motifs is 18. The Hall–Kier alpha value is -8.34. The Kier molecular flexibility index (Phi) is 8.99. The molecule has 1 spiro atoms. The van der Waals surface area contributed by atoms with Crippen molar-refractivity contribution < 1.29 is 8.83 Å². The van der Waals surface area contributed by atoms with E-state index in [-0.39, 0.29) is 6.04 Å². The van der Waals surface area contributed by atoms with Crippen molar-refractivity contribution in [1.82, 2.24) is 0 Å². The van der Waals surface area contributed by atoms with Crippen LogP contribution in [0.1, 0.15) is 63.4 Å². The summed E-state index contributed by atoms with van der Waals surface area (Å²) in [6, 6.07) is 63.2. The minimum Gasteiger partial charge on any atom is -0.455 e. The van der Waals surface area contributed by atoms with E-state index < -0.39 is 5.41 Å². The third-order valence-corrected chi connectivity index (χ3v) is 16.0. The summed E-state index contributed by atoms with van der Waals surface area (Å²) in [4.78, 5) is 5.16. The van der Waals surface area contributed by atoms with Gasteiger partial charge in [0.25, 0.3) is 0 Å². The van der Waals surface area contributed by atoms with Gasteiger partial charge in [0.05, 0.1) is 33.6 Å². The molecule has 14 rings (SSSR count). The molecule has 3 aliphatic carbocycles. The van der Waals surface area contributed by atoms with Gasteiger partial charge in [-0.2, -0.15) is 0 Å². The summed E-state index contributed by atoms with van der Waals surface area (Å²) in [5.74, 6) is 0. The minimum atomic E-state index is -0.772. The highest BCUT2D eigenvalue weighted by molar-refractivity contribution is 6.25. The number of aryl methyl sites for hydroxylation is 5. The quantitative estimate of drug-likeness (QED) is 0.166. The predicted octanol–water partition coefficient (Wildman–Crippen LogP) is 18.3. The van der Waals surface area contributed by atoms with Crippen molar-refractivity contribution in [1.29, 1.82) is 0 Å². The number of hydrogen-bond acceptors (Lipinski definition) is 4. The third-order valence-electron chi connectivity index (χ3n) is 16.0. The SMILES string of the molecule is CC1=CC=CCC1N(c1cc(C)ccc1C)c1cc2c(c3oc4ccccc4c13)-c1c(cc(N(c3ccccc3C)c3cc(C)ccc3C)c3c1oc1ccccc13)C21c2ccccc2-c2ccccc21. The molecule has 4 nitrogen and oxygen atoms in total. The first-order chi connectivity index (χ1) is 34.7. The number of rotatable bonds is 6. The van der Waals surface area contributed by atoms with Crippen LogP contribution < -0.4 is 9.80 Å². The predicted molar refractivity (Wildman–Crippen MR) is 296 cm³/mol. The van der Waals surface area contributed by atoms with Crippen LogP contribution in [0.15, 0.2) is 202 Å². The lowest BCUT2D eigenvalue weighted by Crippen LogP contribution is -2.34. The average molecular weight is 917 g/mol. The number of hydrogen-bond donors (Lipinski definition) is 0. The maximum atomic E-state index is 7.50. The minimum absolute atomic E-state index is 0.0622. The molecule has 342 valence electrons. The van der Waals surface area contributed by atoms with Crippen molar-refractivity contribution in [2.45, 2.75) is 59.4 Å². The lowest BCUT2D eigenvalue weighted by atomic mass is 9.70. The summed E-state index contributed by atoms with van der Waals surface area (Å²) in [6.07, 6.45) is 7.70. The van der Waals surface area contributed by atoms with Gasteiger partial charge in [-0.3, -0.25) is 0 Å². The summed E-state index contributed by atoms with van der Waals surface area (Å²) < 4.78 is 15.0. The molecule has 11 aromatic rings. The van der Waals surface area contributed by atoms with Gasteiger partial charge in [0, 0.05) is 39.0 Å². The van der Waals surface area contributed by atoms with Gasteiger partial charge in [-0.15, -0.1) is 0 Å². The average Bonchev–Trinajstić information content (AvgIpc) is 4.14. The maximum Gasteiger partial charge on any atom is 0.145 e. The van der Waals surface area contributed by atoms with Crippen LogP contribution in [0.4, 0.5) is 28.4 Å². The molecule has 0 fully saturated rings. The Bertz CT molecular complexity index is 4090. The summed E-state index contributed by atoms with van der Waals surface area (Å²) >= 11 is 0. The molecule has 1 atom stereocenters. The molecule has 3 aliphatic rings. The van der Waals surface area contributed by atoms with Gasteiger partial charge in [0.15, 0.2) is 0 Å². The van der Waals surface area contributed by atoms with Crippen LogP contribution in [0.3, 0.4) is 0 Å². The van der Waals surface area contributed by atoms with Crippen LogP contribution in [-0.4, -0.2) is 6.04 Å². The molecular weight excluding hydrogens is 865 g/mol. The molecule has 2 heterocycles. The highest BCUT2D eigenvalue weighted by atomic mass is 16.3. The molecular formula is C67H52N2O2. The summed E-state index contributed by atoms with van der Waals surface area (Å²) in [5, 5.41) is 4.35. The molecule has 0 N–H and O–H groups in total. The molecule has 9 aromatic carbocycles. The van der Waals surface area contributed by atoms with Crippen LogP contribution >= 0.6 is 0 Å². The lowest BCUT2D eigenvalue weighted by molar-refractivity contribution is 0.665. The Balaban J connectivity index is 1.22. The van der Waals surface area contributed by atoms with Crippen LogP contribution in [0.25, 0.3) is 66.1 Å². The molecule has 0 amide bonds. The smallest absolute Gasteiger partial charge is 0.145 e. The van der Waals surface area contributed by atoms with E-state index in [0.717, 1.165) is 84.2 Å². The van der Waals surface area contributed by atoms with E-state index >= 15 is 0 Å². The fourth-order valence-corrected chi connectivity index (χ4v) is 12.8. The van der Waals surface area contributed by atoms with Crippen LogP contribution in [0.5, 0.6) is 0 Å². The van der Waals surface area contributed by atoms with Gasteiger partial charge in [-0.1, -0.05) is 151 Å². The van der Waals surface area contributed by atoms with Gasteiger partial charge in [0.1, 0.15) is 22.3 Å². The summed E-state index contributed by atoms with van der Waals surface area (Å²) in [6.45, 7) is 13.4. The van der Waals surface area contributed by atoms with Gasteiger partial charge < -0.3 is 18.6 Å². The van der Waals surface area contributed by atoms with Crippen molar-refractivity contribution >= 4 is 72.3 Å². The van der Waals surface area contributed by atoms with Crippen LogP contribution in [-0.2, 0) is 5.41 Å². The van der Waals surface area contributed by atoms with E-state index in [1.165, 1.54) is 72.5 Å². The Labute approximate surface area is 414 Å². The third kappa shape index (κ3) is 5.73. The van der Waals surface area contributed by atoms with Crippen molar-refractivity contribution in [2.75, 3.05) is 9.80 Å². The van der Waals surface area contributed by atoms with Crippen molar-refractivity contribution in [2.24, 2.45) is 0 Å². The van der Waals surface area contributed by atoms with Gasteiger partial charge in [-0.05, 0) is 152 Å². The van der Waals surface area contributed by atoms with Crippen LogP contribution in [0.2, 0.25) is 0 Å². The van der Waals surface area contributed by atoms with E-state index in [4.69, 9.17) is 8.83 Å². The normalized spacial score (nSPS) is 15.1. The molecule has 2 aromatic heterocycles. The largest absolute Gasteiger partial charge is 0.455 e. The second-order valence-electron chi connectivity index (χ2n) is 20.2. The monoisotopic (exact) mass is 916 g/mol. The number of allylic oxidation sites excluding steroid dienone is 2. The van der Waals surface area contributed by atoms with E-state index in [0.29, 0.717) is 0 Å². The molecule has 0 saturated carbocycles. The van der Waals surface area contributed by atoms with E-state index in [1.807, 2.05) is 0 Å². The van der Waals surface area contributed by atoms with Gasteiger partial charge >= 0.3 is 0 Å². The first kappa shape index (κ1) is 41.6. The van der Waals surface area contributed by atoms with E-state index in [2.05, 4.69) is 239 Å². The first-order valence-corrected chi connectivity index (χ1v) is 25.0. The number of para-hydroxylation sites is 3. The molecule has 0 radical (unpaired) electrons. The summed E-state index contributed by atoms with van der Waals surface area (Å²) in [7, 11) is 0. The molecule has 71 heavy (non-hydrogen) atoms. The summed E-state index contributed by atoms with van der Waals surface area (Å²) in [5.41, 5.74) is 25.3.